The van der Waals surface area contributed by atoms with E-state index in [0.717, 1.165) is 5.69 Å². The minimum absolute atomic E-state index is 0. The third kappa shape index (κ3) is 3.51. The zero-order valence-corrected chi connectivity index (χ0v) is 13.8. The first-order valence-electron chi connectivity index (χ1n) is 6.55. The number of nitrogens with one attached hydrogen (secondary N) is 1. The van der Waals surface area contributed by atoms with E-state index in [2.05, 4.69) is 4.98 Å². The van der Waals surface area contributed by atoms with E-state index in [1.165, 1.54) is 14.2 Å². The molecule has 0 atom stereocenters. The SMILES string of the molecule is COC(=O)Cc1c(CN(C)C)[nH]c2ccc(OC)c(F)c12.Cl. The van der Waals surface area contributed by atoms with E-state index >= 15 is 0 Å². The average molecular weight is 331 g/mol. The fourth-order valence-corrected chi connectivity index (χ4v) is 2.37. The maximum atomic E-state index is 14.5. The molecule has 0 saturated heterocycles. The van der Waals surface area contributed by atoms with Gasteiger partial charge in [0.05, 0.1) is 20.6 Å². The number of H-pyrrole nitrogens is 1. The summed E-state index contributed by atoms with van der Waals surface area (Å²) in [5, 5.41) is 0.386. The molecule has 0 radical (unpaired) electrons. The summed E-state index contributed by atoms with van der Waals surface area (Å²) in [6, 6.07) is 3.31. The maximum absolute atomic E-state index is 14.5. The number of rotatable bonds is 5. The highest BCUT2D eigenvalue weighted by Gasteiger charge is 2.20. The third-order valence-corrected chi connectivity index (χ3v) is 3.30. The van der Waals surface area contributed by atoms with E-state index in [9.17, 15) is 9.18 Å². The molecule has 22 heavy (non-hydrogen) atoms. The lowest BCUT2D eigenvalue weighted by Crippen LogP contribution is -2.14. The van der Waals surface area contributed by atoms with Gasteiger partial charge in [-0.25, -0.2) is 4.39 Å². The van der Waals surface area contributed by atoms with E-state index in [1.54, 1.807) is 12.1 Å². The van der Waals surface area contributed by atoms with Gasteiger partial charge in [-0.1, -0.05) is 0 Å². The van der Waals surface area contributed by atoms with Crippen molar-refractivity contribution in [3.8, 4) is 5.75 Å². The number of methoxy groups -OCH3 is 2. The standard InChI is InChI=1S/C15H19FN2O3.ClH/c1-18(2)8-11-9(7-13(19)21-4)14-10(17-11)5-6-12(20-3)15(14)16;/h5-6,17H,7-8H2,1-4H3;1H. The molecule has 0 fully saturated rings. The maximum Gasteiger partial charge on any atom is 0.310 e. The van der Waals surface area contributed by atoms with E-state index in [1.807, 2.05) is 19.0 Å². The van der Waals surface area contributed by atoms with Gasteiger partial charge in [0, 0.05) is 23.1 Å². The number of esters is 1. The Morgan fingerprint density at radius 2 is 2.00 bits per heavy atom. The summed E-state index contributed by atoms with van der Waals surface area (Å²) in [6.07, 6.45) is 0.0176. The van der Waals surface area contributed by atoms with Crippen molar-refractivity contribution in [1.29, 1.82) is 0 Å². The summed E-state index contributed by atoms with van der Waals surface area (Å²) >= 11 is 0. The van der Waals surface area contributed by atoms with Crippen molar-refractivity contribution in [2.45, 2.75) is 13.0 Å². The third-order valence-electron chi connectivity index (χ3n) is 3.30. The highest BCUT2D eigenvalue weighted by atomic mass is 35.5. The molecule has 1 aromatic carbocycles. The van der Waals surface area contributed by atoms with Crippen molar-refractivity contribution in [1.82, 2.24) is 9.88 Å². The number of hydrogen-bond donors (Lipinski definition) is 1. The normalized spacial score (nSPS) is 10.6. The van der Waals surface area contributed by atoms with Gasteiger partial charge in [0.2, 0.25) is 0 Å². The van der Waals surface area contributed by atoms with Gasteiger partial charge < -0.3 is 19.4 Å². The Hall–Kier alpha value is -1.79. The molecule has 1 heterocycles. The molecule has 0 unspecified atom stereocenters. The molecule has 2 rings (SSSR count). The van der Waals surface area contributed by atoms with Crippen LogP contribution in [0.3, 0.4) is 0 Å². The first-order chi connectivity index (χ1) is 9.97. The molecule has 0 spiro atoms. The smallest absolute Gasteiger partial charge is 0.310 e. The van der Waals surface area contributed by atoms with Gasteiger partial charge in [0.25, 0.3) is 0 Å². The van der Waals surface area contributed by atoms with Crippen molar-refractivity contribution < 1.29 is 18.7 Å². The summed E-state index contributed by atoms with van der Waals surface area (Å²) in [7, 11) is 6.55. The summed E-state index contributed by atoms with van der Waals surface area (Å²) < 4.78 is 24.2. The highest BCUT2D eigenvalue weighted by Crippen LogP contribution is 2.31. The Morgan fingerprint density at radius 3 is 2.55 bits per heavy atom. The van der Waals surface area contributed by atoms with Crippen LogP contribution in [-0.2, 0) is 22.5 Å². The minimum atomic E-state index is -0.463. The monoisotopic (exact) mass is 330 g/mol. The van der Waals surface area contributed by atoms with Crippen molar-refractivity contribution in [3.63, 3.8) is 0 Å². The largest absolute Gasteiger partial charge is 0.494 e. The average Bonchev–Trinajstić information content (AvgIpc) is 2.77. The van der Waals surface area contributed by atoms with Crippen molar-refractivity contribution in [2.75, 3.05) is 28.3 Å². The van der Waals surface area contributed by atoms with E-state index in [-0.39, 0.29) is 24.6 Å². The molecule has 0 aliphatic rings. The van der Waals surface area contributed by atoms with Gasteiger partial charge in [-0.05, 0) is 31.8 Å². The number of fused-ring (bicyclic) bond motifs is 1. The number of carbonyl (C=O) groups excluding carboxylic acids is 1. The van der Waals surface area contributed by atoms with E-state index in [0.29, 0.717) is 23.0 Å². The summed E-state index contributed by atoms with van der Waals surface area (Å²) in [4.78, 5) is 16.7. The van der Waals surface area contributed by atoms with Crippen LogP contribution in [0.15, 0.2) is 12.1 Å². The van der Waals surface area contributed by atoms with Crippen LogP contribution in [0.1, 0.15) is 11.3 Å². The number of aromatic amines is 1. The molecule has 1 N–H and O–H groups in total. The van der Waals surface area contributed by atoms with Crippen molar-refractivity contribution in [3.05, 3.63) is 29.2 Å². The summed E-state index contributed by atoms with van der Waals surface area (Å²) in [6.45, 7) is 0.572. The van der Waals surface area contributed by atoms with Crippen LogP contribution in [0.4, 0.5) is 4.39 Å². The van der Waals surface area contributed by atoms with Crippen LogP contribution in [0.5, 0.6) is 5.75 Å². The second-order valence-electron chi connectivity index (χ2n) is 5.08. The number of benzene rings is 1. The molecule has 0 amide bonds. The molecular formula is C15H20ClFN2O3. The Bertz CT molecular complexity index is 670. The lowest BCUT2D eigenvalue weighted by Gasteiger charge is -2.10. The molecule has 5 nitrogen and oxygen atoms in total. The lowest BCUT2D eigenvalue weighted by molar-refractivity contribution is -0.139. The molecule has 0 aliphatic heterocycles. The fraction of sp³-hybridized carbons (Fsp3) is 0.400. The Balaban J connectivity index is 0.00000242. The van der Waals surface area contributed by atoms with Crippen LogP contribution in [-0.4, -0.2) is 44.2 Å². The Kier molecular flexibility index (Phi) is 6.20. The topological polar surface area (TPSA) is 54.6 Å². The van der Waals surface area contributed by atoms with Gasteiger partial charge in [0.15, 0.2) is 11.6 Å². The quantitative estimate of drug-likeness (QED) is 0.856. The van der Waals surface area contributed by atoms with Crippen LogP contribution in [0, 0.1) is 5.82 Å². The first-order valence-corrected chi connectivity index (χ1v) is 6.55. The van der Waals surface area contributed by atoms with Crippen LogP contribution in [0.25, 0.3) is 10.9 Å². The predicted molar refractivity (Wildman–Crippen MR) is 85.2 cm³/mol. The molecule has 122 valence electrons. The number of aromatic nitrogens is 1. The Morgan fingerprint density at radius 1 is 1.32 bits per heavy atom. The van der Waals surface area contributed by atoms with E-state index in [4.69, 9.17) is 9.47 Å². The van der Waals surface area contributed by atoms with Crippen LogP contribution >= 0.6 is 12.4 Å². The minimum Gasteiger partial charge on any atom is -0.494 e. The number of halogens is 2. The molecule has 7 heteroatoms. The van der Waals surface area contributed by atoms with Gasteiger partial charge in [-0.2, -0.15) is 0 Å². The number of nitrogens with zero attached hydrogens (tertiary/aromatic N) is 1. The molecule has 2 aromatic rings. The second kappa shape index (κ2) is 7.47. The van der Waals surface area contributed by atoms with Crippen molar-refractivity contribution in [2.24, 2.45) is 0 Å². The summed E-state index contributed by atoms with van der Waals surface area (Å²) in [5.74, 6) is -0.711. The molecule has 0 saturated carbocycles. The molecular weight excluding hydrogens is 311 g/mol. The molecule has 1 aromatic heterocycles. The zero-order valence-electron chi connectivity index (χ0n) is 13.0. The zero-order chi connectivity index (χ0) is 15.6. The lowest BCUT2D eigenvalue weighted by atomic mass is 10.1. The highest BCUT2D eigenvalue weighted by molar-refractivity contribution is 5.90. The number of hydrogen-bond acceptors (Lipinski definition) is 4. The van der Waals surface area contributed by atoms with Gasteiger partial charge >= 0.3 is 5.97 Å². The van der Waals surface area contributed by atoms with Gasteiger partial charge in [0.1, 0.15) is 0 Å². The number of ether oxygens (including phenoxy) is 2. The van der Waals surface area contributed by atoms with Gasteiger partial charge in [-0.3, -0.25) is 4.79 Å². The Labute approximate surface area is 134 Å². The first kappa shape index (κ1) is 18.3. The molecule has 0 aliphatic carbocycles. The van der Waals surface area contributed by atoms with Crippen LogP contribution < -0.4 is 4.74 Å². The van der Waals surface area contributed by atoms with Gasteiger partial charge in [-0.15, -0.1) is 12.4 Å². The fourth-order valence-electron chi connectivity index (χ4n) is 2.37. The second-order valence-corrected chi connectivity index (χ2v) is 5.08. The van der Waals surface area contributed by atoms with E-state index < -0.39 is 11.8 Å². The number of carbonyl (C=O) groups is 1. The predicted octanol–water partition coefficient (Wildman–Crippen LogP) is 2.51. The van der Waals surface area contributed by atoms with Crippen LogP contribution in [0.2, 0.25) is 0 Å². The molecule has 0 bridgehead atoms. The summed E-state index contributed by atoms with van der Waals surface area (Å²) in [5.41, 5.74) is 2.05. The van der Waals surface area contributed by atoms with Crippen molar-refractivity contribution >= 4 is 29.3 Å².